The number of hydrogen-bond donors (Lipinski definition) is 3. The summed E-state index contributed by atoms with van der Waals surface area (Å²) in [6.07, 6.45) is 1.67. The van der Waals surface area contributed by atoms with E-state index in [2.05, 4.69) is 59.8 Å². The van der Waals surface area contributed by atoms with Gasteiger partial charge in [0.15, 0.2) is 0 Å². The van der Waals surface area contributed by atoms with Crippen LogP contribution in [0, 0.1) is 6.92 Å². The molecule has 0 saturated carbocycles. The van der Waals surface area contributed by atoms with Crippen molar-refractivity contribution >= 4 is 17.3 Å². The zero-order valence-corrected chi connectivity index (χ0v) is 20.6. The Labute approximate surface area is 201 Å². The standard InChI is InChI=1S/C27H34N4O3/c1-17-6-8-20(28-23-14-18(27(2,3)4)7-9-25(23)33-5)15-21(17)22-16-24(31-30-22)26(32)29-19-10-12-34-13-11-19/h6-9,14-16,19,28H,10-13H2,1-5H3,(H,29,32)(H,30,31). The summed E-state index contributed by atoms with van der Waals surface area (Å²) in [7, 11) is 1.68. The highest BCUT2D eigenvalue weighted by Crippen LogP contribution is 2.34. The topological polar surface area (TPSA) is 88.3 Å². The van der Waals surface area contributed by atoms with Gasteiger partial charge in [-0.05, 0) is 66.6 Å². The summed E-state index contributed by atoms with van der Waals surface area (Å²) in [6, 6.07) is 14.3. The molecule has 4 rings (SSSR count). The third-order valence-electron chi connectivity index (χ3n) is 6.24. The second-order valence-electron chi connectivity index (χ2n) is 9.85. The maximum atomic E-state index is 12.7. The molecular weight excluding hydrogens is 428 g/mol. The molecule has 2 aromatic carbocycles. The number of carbonyl (C=O) groups is 1. The van der Waals surface area contributed by atoms with Crippen LogP contribution in [0.2, 0.25) is 0 Å². The van der Waals surface area contributed by atoms with Gasteiger partial charge in [-0.1, -0.05) is 32.9 Å². The normalized spacial score (nSPS) is 14.6. The number of benzene rings is 2. The van der Waals surface area contributed by atoms with Gasteiger partial charge >= 0.3 is 0 Å². The summed E-state index contributed by atoms with van der Waals surface area (Å²) in [5.41, 5.74) is 6.28. The van der Waals surface area contributed by atoms with Crippen molar-refractivity contribution in [3.05, 3.63) is 59.3 Å². The number of carbonyl (C=O) groups excluding carboxylic acids is 1. The number of methoxy groups -OCH3 is 1. The van der Waals surface area contributed by atoms with Crippen LogP contribution in [-0.2, 0) is 10.2 Å². The summed E-state index contributed by atoms with van der Waals surface area (Å²) >= 11 is 0. The Morgan fingerprint density at radius 1 is 1.12 bits per heavy atom. The Kier molecular flexibility index (Phi) is 6.93. The van der Waals surface area contributed by atoms with Gasteiger partial charge < -0.3 is 20.1 Å². The maximum absolute atomic E-state index is 12.7. The minimum absolute atomic E-state index is 0.0256. The van der Waals surface area contributed by atoms with Crippen molar-refractivity contribution in [3.8, 4) is 17.0 Å². The van der Waals surface area contributed by atoms with Crippen LogP contribution in [0.3, 0.4) is 0 Å². The molecule has 1 saturated heterocycles. The third-order valence-corrected chi connectivity index (χ3v) is 6.24. The van der Waals surface area contributed by atoms with E-state index in [4.69, 9.17) is 9.47 Å². The number of aromatic amines is 1. The largest absolute Gasteiger partial charge is 0.495 e. The fourth-order valence-electron chi connectivity index (χ4n) is 4.08. The van der Waals surface area contributed by atoms with Crippen LogP contribution in [0.5, 0.6) is 5.75 Å². The minimum Gasteiger partial charge on any atom is -0.495 e. The third kappa shape index (κ3) is 5.42. The van der Waals surface area contributed by atoms with Gasteiger partial charge in [0, 0.05) is 30.5 Å². The van der Waals surface area contributed by atoms with Crippen LogP contribution < -0.4 is 15.4 Å². The van der Waals surface area contributed by atoms with Crippen molar-refractivity contribution < 1.29 is 14.3 Å². The Balaban J connectivity index is 1.56. The summed E-state index contributed by atoms with van der Waals surface area (Å²) in [5, 5.41) is 13.9. The number of aromatic nitrogens is 2. The minimum atomic E-state index is -0.138. The number of aryl methyl sites for hydroxylation is 1. The first-order valence-electron chi connectivity index (χ1n) is 11.7. The second kappa shape index (κ2) is 9.89. The average Bonchev–Trinajstić information content (AvgIpc) is 3.31. The molecule has 0 aliphatic carbocycles. The van der Waals surface area contributed by atoms with E-state index >= 15 is 0 Å². The molecule has 0 atom stereocenters. The zero-order chi connectivity index (χ0) is 24.3. The molecule has 1 aliphatic rings. The van der Waals surface area contributed by atoms with Crippen molar-refractivity contribution in [3.63, 3.8) is 0 Å². The smallest absolute Gasteiger partial charge is 0.269 e. The van der Waals surface area contributed by atoms with Crippen molar-refractivity contribution in [2.24, 2.45) is 0 Å². The van der Waals surface area contributed by atoms with E-state index in [-0.39, 0.29) is 17.4 Å². The molecule has 0 unspecified atom stereocenters. The number of anilines is 2. The number of H-pyrrole nitrogens is 1. The van der Waals surface area contributed by atoms with Crippen molar-refractivity contribution in [1.29, 1.82) is 0 Å². The lowest BCUT2D eigenvalue weighted by Gasteiger charge is -2.22. The highest BCUT2D eigenvalue weighted by Gasteiger charge is 2.20. The van der Waals surface area contributed by atoms with Gasteiger partial charge in [0.05, 0.1) is 18.5 Å². The monoisotopic (exact) mass is 462 g/mol. The molecular formula is C27H34N4O3. The molecule has 1 aromatic heterocycles. The van der Waals surface area contributed by atoms with E-state index in [9.17, 15) is 4.79 Å². The number of amides is 1. The molecule has 1 amide bonds. The van der Waals surface area contributed by atoms with Gasteiger partial charge in [-0.25, -0.2) is 0 Å². The fraction of sp³-hybridized carbons (Fsp3) is 0.407. The van der Waals surface area contributed by atoms with Crippen LogP contribution >= 0.6 is 0 Å². The highest BCUT2D eigenvalue weighted by atomic mass is 16.5. The molecule has 0 radical (unpaired) electrons. The number of rotatable bonds is 6. The summed E-state index contributed by atoms with van der Waals surface area (Å²) in [6.45, 7) is 9.97. The molecule has 180 valence electrons. The molecule has 0 spiro atoms. The van der Waals surface area contributed by atoms with Gasteiger partial charge in [0.1, 0.15) is 11.4 Å². The summed E-state index contributed by atoms with van der Waals surface area (Å²) < 4.78 is 11.0. The molecule has 1 fully saturated rings. The number of nitrogens with zero attached hydrogens (tertiary/aromatic N) is 1. The van der Waals surface area contributed by atoms with E-state index in [0.717, 1.165) is 46.8 Å². The van der Waals surface area contributed by atoms with E-state index in [1.807, 2.05) is 31.2 Å². The fourth-order valence-corrected chi connectivity index (χ4v) is 4.08. The molecule has 3 aromatic rings. The Bertz CT molecular complexity index is 1160. The Morgan fingerprint density at radius 3 is 2.59 bits per heavy atom. The van der Waals surface area contributed by atoms with E-state index in [1.54, 1.807) is 7.11 Å². The predicted molar refractivity (Wildman–Crippen MR) is 135 cm³/mol. The van der Waals surface area contributed by atoms with E-state index < -0.39 is 0 Å². The van der Waals surface area contributed by atoms with Crippen LogP contribution in [0.4, 0.5) is 11.4 Å². The van der Waals surface area contributed by atoms with Crippen molar-refractivity contribution in [2.75, 3.05) is 25.6 Å². The van der Waals surface area contributed by atoms with Crippen molar-refractivity contribution in [1.82, 2.24) is 15.5 Å². The molecule has 7 heteroatoms. The lowest BCUT2D eigenvalue weighted by atomic mass is 9.87. The van der Waals surface area contributed by atoms with E-state index in [1.165, 1.54) is 5.56 Å². The van der Waals surface area contributed by atoms with Crippen molar-refractivity contribution in [2.45, 2.75) is 52.0 Å². The summed E-state index contributed by atoms with van der Waals surface area (Å²) in [5.74, 6) is 0.642. The predicted octanol–water partition coefficient (Wildman–Crippen LogP) is 5.34. The lowest BCUT2D eigenvalue weighted by Crippen LogP contribution is -2.39. The highest BCUT2D eigenvalue weighted by molar-refractivity contribution is 5.93. The lowest BCUT2D eigenvalue weighted by molar-refractivity contribution is 0.0694. The van der Waals surface area contributed by atoms with Crippen LogP contribution in [-0.4, -0.2) is 42.5 Å². The molecule has 7 nitrogen and oxygen atoms in total. The van der Waals surface area contributed by atoms with Crippen LogP contribution in [0.15, 0.2) is 42.5 Å². The van der Waals surface area contributed by atoms with Gasteiger partial charge in [0.25, 0.3) is 5.91 Å². The molecule has 3 N–H and O–H groups in total. The average molecular weight is 463 g/mol. The molecule has 2 heterocycles. The first kappa shape index (κ1) is 23.8. The number of nitrogens with one attached hydrogen (secondary N) is 3. The van der Waals surface area contributed by atoms with Gasteiger partial charge in [-0.15, -0.1) is 0 Å². The SMILES string of the molecule is COc1ccc(C(C)(C)C)cc1Nc1ccc(C)c(-c2cc(C(=O)NC3CCOCC3)[nH]n2)c1. The quantitative estimate of drug-likeness (QED) is 0.460. The first-order valence-corrected chi connectivity index (χ1v) is 11.7. The molecule has 0 bridgehead atoms. The molecule has 34 heavy (non-hydrogen) atoms. The second-order valence-corrected chi connectivity index (χ2v) is 9.85. The first-order chi connectivity index (χ1) is 16.2. The zero-order valence-electron chi connectivity index (χ0n) is 20.6. The maximum Gasteiger partial charge on any atom is 0.269 e. The van der Waals surface area contributed by atoms with Gasteiger partial charge in [-0.3, -0.25) is 9.89 Å². The van der Waals surface area contributed by atoms with Crippen LogP contribution in [0.25, 0.3) is 11.3 Å². The van der Waals surface area contributed by atoms with Gasteiger partial charge in [-0.2, -0.15) is 5.10 Å². The Hall–Kier alpha value is -3.32. The van der Waals surface area contributed by atoms with Crippen LogP contribution in [0.1, 0.15) is 55.2 Å². The summed E-state index contributed by atoms with van der Waals surface area (Å²) in [4.78, 5) is 12.7. The molecule has 1 aliphatic heterocycles. The Morgan fingerprint density at radius 2 is 1.88 bits per heavy atom. The number of hydrogen-bond acceptors (Lipinski definition) is 5. The van der Waals surface area contributed by atoms with Gasteiger partial charge in [0.2, 0.25) is 0 Å². The number of ether oxygens (including phenoxy) is 2. The van der Waals surface area contributed by atoms with E-state index in [0.29, 0.717) is 18.9 Å².